The van der Waals surface area contributed by atoms with E-state index in [4.69, 9.17) is 21.1 Å². The summed E-state index contributed by atoms with van der Waals surface area (Å²) in [5, 5.41) is 3.38. The Labute approximate surface area is 162 Å². The number of aromatic nitrogens is 1. The van der Waals surface area contributed by atoms with E-state index in [1.807, 2.05) is 16.5 Å². The standard InChI is InChI=1S/C18H22ClN3O3S/c1-24-14-5-4-13(16(19)17(14)25-2)18(23)22-8-3-7-21(9-10-22)12-15-20-6-11-26-15/h4-6,11H,3,7-10,12H2,1-2H3. The molecule has 1 aliphatic rings. The zero-order chi connectivity index (χ0) is 18.5. The smallest absolute Gasteiger partial charge is 0.255 e. The van der Waals surface area contributed by atoms with E-state index in [1.54, 1.807) is 30.6 Å². The summed E-state index contributed by atoms with van der Waals surface area (Å²) in [7, 11) is 3.06. The van der Waals surface area contributed by atoms with Gasteiger partial charge in [0.25, 0.3) is 5.91 Å². The van der Waals surface area contributed by atoms with Crippen molar-refractivity contribution in [2.45, 2.75) is 13.0 Å². The highest BCUT2D eigenvalue weighted by molar-refractivity contribution is 7.09. The van der Waals surface area contributed by atoms with Crippen LogP contribution in [-0.2, 0) is 6.54 Å². The summed E-state index contributed by atoms with van der Waals surface area (Å²) in [6, 6.07) is 3.41. The number of carbonyl (C=O) groups is 1. The molecule has 26 heavy (non-hydrogen) atoms. The van der Waals surface area contributed by atoms with E-state index >= 15 is 0 Å². The number of amides is 1. The maximum atomic E-state index is 13.0. The Morgan fingerprint density at radius 2 is 2.08 bits per heavy atom. The minimum atomic E-state index is -0.0768. The summed E-state index contributed by atoms with van der Waals surface area (Å²) in [6.45, 7) is 3.96. The maximum Gasteiger partial charge on any atom is 0.255 e. The van der Waals surface area contributed by atoms with Gasteiger partial charge in [0, 0.05) is 37.8 Å². The summed E-state index contributed by atoms with van der Waals surface area (Å²) in [4.78, 5) is 21.5. The van der Waals surface area contributed by atoms with Gasteiger partial charge >= 0.3 is 0 Å². The zero-order valence-electron chi connectivity index (χ0n) is 14.9. The summed E-state index contributed by atoms with van der Waals surface area (Å²) < 4.78 is 10.5. The van der Waals surface area contributed by atoms with E-state index in [1.165, 1.54) is 7.11 Å². The average molecular weight is 396 g/mol. The van der Waals surface area contributed by atoms with Crippen molar-refractivity contribution >= 4 is 28.8 Å². The lowest BCUT2D eigenvalue weighted by atomic mass is 10.1. The minimum absolute atomic E-state index is 0.0768. The predicted molar refractivity (Wildman–Crippen MR) is 102 cm³/mol. The van der Waals surface area contributed by atoms with Crippen molar-refractivity contribution in [1.82, 2.24) is 14.8 Å². The van der Waals surface area contributed by atoms with Crippen LogP contribution in [0.1, 0.15) is 21.8 Å². The minimum Gasteiger partial charge on any atom is -0.493 e. The van der Waals surface area contributed by atoms with Gasteiger partial charge in [-0.15, -0.1) is 11.3 Å². The first-order valence-electron chi connectivity index (χ1n) is 8.44. The molecule has 0 bridgehead atoms. The molecular weight excluding hydrogens is 374 g/mol. The topological polar surface area (TPSA) is 54.9 Å². The Bertz CT molecular complexity index is 754. The molecule has 1 aliphatic heterocycles. The summed E-state index contributed by atoms with van der Waals surface area (Å²) in [5.74, 6) is 0.826. The molecule has 1 aromatic carbocycles. The molecule has 140 valence electrons. The first kappa shape index (κ1) is 18.9. The van der Waals surface area contributed by atoms with Crippen LogP contribution >= 0.6 is 22.9 Å². The fourth-order valence-electron chi connectivity index (χ4n) is 3.08. The van der Waals surface area contributed by atoms with Crippen molar-refractivity contribution in [3.05, 3.63) is 39.3 Å². The zero-order valence-corrected chi connectivity index (χ0v) is 16.5. The number of ether oxygens (including phenoxy) is 2. The van der Waals surface area contributed by atoms with Crippen molar-refractivity contribution in [2.24, 2.45) is 0 Å². The van der Waals surface area contributed by atoms with Crippen LogP contribution in [0, 0.1) is 0 Å². The average Bonchev–Trinajstić information content (AvgIpc) is 3.05. The molecule has 1 saturated heterocycles. The lowest BCUT2D eigenvalue weighted by Gasteiger charge is -2.22. The number of methoxy groups -OCH3 is 2. The SMILES string of the molecule is COc1ccc(C(=O)N2CCCN(Cc3nccs3)CC2)c(Cl)c1OC. The monoisotopic (exact) mass is 395 g/mol. The lowest BCUT2D eigenvalue weighted by molar-refractivity contribution is 0.0761. The van der Waals surface area contributed by atoms with Crippen molar-refractivity contribution in [2.75, 3.05) is 40.4 Å². The van der Waals surface area contributed by atoms with Crippen molar-refractivity contribution < 1.29 is 14.3 Å². The van der Waals surface area contributed by atoms with Crippen LogP contribution in [0.5, 0.6) is 11.5 Å². The molecule has 8 heteroatoms. The number of hydrogen-bond donors (Lipinski definition) is 0. The summed E-state index contributed by atoms with van der Waals surface area (Å²) in [6.07, 6.45) is 2.74. The third-order valence-electron chi connectivity index (χ3n) is 4.43. The van der Waals surface area contributed by atoms with Crippen molar-refractivity contribution in [1.29, 1.82) is 0 Å². The normalized spacial score (nSPS) is 15.6. The number of rotatable bonds is 5. The largest absolute Gasteiger partial charge is 0.493 e. The molecule has 0 unspecified atom stereocenters. The molecule has 0 spiro atoms. The van der Waals surface area contributed by atoms with E-state index in [-0.39, 0.29) is 5.91 Å². The fraction of sp³-hybridized carbons (Fsp3) is 0.444. The van der Waals surface area contributed by atoms with Crippen LogP contribution in [0.4, 0.5) is 0 Å². The molecule has 2 heterocycles. The van der Waals surface area contributed by atoms with Gasteiger partial charge in [-0.3, -0.25) is 9.69 Å². The van der Waals surface area contributed by atoms with E-state index in [2.05, 4.69) is 9.88 Å². The lowest BCUT2D eigenvalue weighted by Crippen LogP contribution is -2.35. The number of thiazole rings is 1. The van der Waals surface area contributed by atoms with E-state index in [0.29, 0.717) is 35.2 Å². The van der Waals surface area contributed by atoms with Crippen LogP contribution in [0.3, 0.4) is 0 Å². The first-order chi connectivity index (χ1) is 12.6. The molecule has 1 amide bonds. The van der Waals surface area contributed by atoms with Crippen molar-refractivity contribution in [3.63, 3.8) is 0 Å². The molecule has 0 atom stereocenters. The summed E-state index contributed by atoms with van der Waals surface area (Å²) in [5.41, 5.74) is 0.442. The van der Waals surface area contributed by atoms with Gasteiger partial charge in [0.15, 0.2) is 11.5 Å². The molecule has 3 rings (SSSR count). The highest BCUT2D eigenvalue weighted by Crippen LogP contribution is 2.37. The fourth-order valence-corrected chi connectivity index (χ4v) is 4.05. The van der Waals surface area contributed by atoms with Crippen LogP contribution in [-0.4, -0.2) is 61.1 Å². The number of benzene rings is 1. The second-order valence-electron chi connectivity index (χ2n) is 6.01. The highest BCUT2D eigenvalue weighted by Gasteiger charge is 2.25. The second kappa shape index (κ2) is 8.70. The van der Waals surface area contributed by atoms with Gasteiger partial charge in [0.1, 0.15) is 5.01 Å². The van der Waals surface area contributed by atoms with E-state index in [9.17, 15) is 4.79 Å². The molecule has 1 aromatic heterocycles. The predicted octanol–water partition coefficient (Wildman–Crippen LogP) is 3.16. The Hall–Kier alpha value is -1.83. The molecule has 1 fully saturated rings. The molecule has 2 aromatic rings. The number of nitrogens with zero attached hydrogens (tertiary/aromatic N) is 3. The van der Waals surface area contributed by atoms with Crippen LogP contribution < -0.4 is 9.47 Å². The van der Waals surface area contributed by atoms with Crippen LogP contribution in [0.25, 0.3) is 0 Å². The molecule has 0 radical (unpaired) electrons. The molecule has 0 N–H and O–H groups in total. The third kappa shape index (κ3) is 4.11. The van der Waals surface area contributed by atoms with Gasteiger partial charge in [-0.1, -0.05) is 11.6 Å². The molecule has 6 nitrogen and oxygen atoms in total. The Morgan fingerprint density at radius 1 is 1.23 bits per heavy atom. The first-order valence-corrected chi connectivity index (χ1v) is 9.70. The Morgan fingerprint density at radius 3 is 2.77 bits per heavy atom. The maximum absolute atomic E-state index is 13.0. The van der Waals surface area contributed by atoms with Gasteiger partial charge in [0.05, 0.1) is 31.4 Å². The molecule has 0 aliphatic carbocycles. The van der Waals surface area contributed by atoms with Crippen LogP contribution in [0.2, 0.25) is 5.02 Å². The second-order valence-corrected chi connectivity index (χ2v) is 7.37. The number of halogens is 1. The molecular formula is C18H22ClN3O3S. The van der Waals surface area contributed by atoms with Gasteiger partial charge < -0.3 is 14.4 Å². The Balaban J connectivity index is 1.70. The van der Waals surface area contributed by atoms with Gasteiger partial charge in [-0.2, -0.15) is 0 Å². The number of hydrogen-bond acceptors (Lipinski definition) is 6. The molecule has 0 saturated carbocycles. The number of carbonyl (C=O) groups excluding carboxylic acids is 1. The van der Waals surface area contributed by atoms with Gasteiger partial charge in [0.2, 0.25) is 0 Å². The quantitative estimate of drug-likeness (QED) is 0.778. The van der Waals surface area contributed by atoms with Gasteiger partial charge in [-0.25, -0.2) is 4.98 Å². The van der Waals surface area contributed by atoms with Crippen LogP contribution in [0.15, 0.2) is 23.7 Å². The third-order valence-corrected chi connectivity index (χ3v) is 5.57. The van der Waals surface area contributed by atoms with Crippen molar-refractivity contribution in [3.8, 4) is 11.5 Å². The summed E-state index contributed by atoms with van der Waals surface area (Å²) >= 11 is 8.06. The van der Waals surface area contributed by atoms with E-state index < -0.39 is 0 Å². The van der Waals surface area contributed by atoms with Gasteiger partial charge in [-0.05, 0) is 18.6 Å². The Kier molecular flexibility index (Phi) is 6.34. The van der Waals surface area contributed by atoms with E-state index in [0.717, 1.165) is 31.1 Å². The highest BCUT2D eigenvalue weighted by atomic mass is 35.5.